The van der Waals surface area contributed by atoms with Gasteiger partial charge in [-0.05, 0) is 11.8 Å². The average Bonchev–Trinajstić information content (AvgIpc) is 3.14. The first-order chi connectivity index (χ1) is 11.0. The molecule has 0 saturated carbocycles. The summed E-state index contributed by atoms with van der Waals surface area (Å²) in [7, 11) is 0. The van der Waals surface area contributed by atoms with E-state index in [0.29, 0.717) is 6.67 Å². The lowest BCUT2D eigenvalue weighted by molar-refractivity contribution is 0.478. The van der Waals surface area contributed by atoms with Gasteiger partial charge in [-0.1, -0.05) is 77.7 Å². The monoisotopic (exact) mass is 322 g/mol. The van der Waals surface area contributed by atoms with Crippen molar-refractivity contribution in [2.45, 2.75) is 73.9 Å². The second kappa shape index (κ2) is 13.9. The molecule has 0 radical (unpaired) electrons. The summed E-state index contributed by atoms with van der Waals surface area (Å²) in [6, 6.07) is 0. The van der Waals surface area contributed by atoms with Gasteiger partial charge in [0.15, 0.2) is 0 Å². The van der Waals surface area contributed by atoms with Gasteiger partial charge in [0.05, 0.1) is 12.4 Å². The van der Waals surface area contributed by atoms with Crippen LogP contribution in [0.2, 0.25) is 0 Å². The zero-order valence-electron chi connectivity index (χ0n) is 15.7. The number of hydrogen-bond acceptors (Lipinski definition) is 4. The molecule has 0 atom stereocenters. The van der Waals surface area contributed by atoms with Crippen molar-refractivity contribution >= 4 is 0 Å². The molecule has 0 saturated heterocycles. The third-order valence-electron chi connectivity index (χ3n) is 2.97. The maximum atomic E-state index is 3.77. The topological polar surface area (TPSA) is 61.4 Å². The van der Waals surface area contributed by atoms with E-state index < -0.39 is 0 Å². The van der Waals surface area contributed by atoms with Crippen LogP contribution in [0, 0.1) is 11.8 Å². The first kappa shape index (κ1) is 21.3. The van der Waals surface area contributed by atoms with Crippen LogP contribution in [-0.2, 0) is 6.67 Å². The number of aromatic nitrogens is 6. The van der Waals surface area contributed by atoms with E-state index in [1.54, 1.807) is 34.2 Å². The maximum Gasteiger partial charge on any atom is 0.136 e. The summed E-state index contributed by atoms with van der Waals surface area (Å²) in [6.45, 7) is 14.0. The van der Waals surface area contributed by atoms with E-state index in [2.05, 4.69) is 62.2 Å². The fourth-order valence-corrected chi connectivity index (χ4v) is 1.92. The lowest BCUT2D eigenvalue weighted by atomic mass is 10.1. The van der Waals surface area contributed by atoms with Gasteiger partial charge in [0.2, 0.25) is 0 Å². The normalized spacial score (nSPS) is 10.1. The molecule has 0 unspecified atom stereocenters. The molecule has 2 heterocycles. The Bertz CT molecular complexity index is 391. The van der Waals surface area contributed by atoms with Crippen LogP contribution in [0.25, 0.3) is 0 Å². The first-order valence-electron chi connectivity index (χ1n) is 8.67. The summed E-state index contributed by atoms with van der Waals surface area (Å²) in [5.74, 6) is 1.80. The molecule has 2 aromatic rings. The summed E-state index contributed by atoms with van der Waals surface area (Å²) >= 11 is 0. The highest BCUT2D eigenvalue weighted by Gasteiger charge is 1.92. The zero-order valence-corrected chi connectivity index (χ0v) is 15.7. The highest BCUT2D eigenvalue weighted by Crippen LogP contribution is 2.01. The molecular weight excluding hydrogens is 288 g/mol. The predicted octanol–water partition coefficient (Wildman–Crippen LogP) is 4.26. The second-order valence-electron chi connectivity index (χ2n) is 6.39. The van der Waals surface area contributed by atoms with Crippen LogP contribution in [0.1, 0.15) is 67.2 Å². The quantitative estimate of drug-likeness (QED) is 0.797. The van der Waals surface area contributed by atoms with Crippen LogP contribution in [0.5, 0.6) is 0 Å². The molecule has 0 aromatic carbocycles. The van der Waals surface area contributed by atoms with Gasteiger partial charge in [-0.15, -0.1) is 10.2 Å². The molecule has 0 amide bonds. The van der Waals surface area contributed by atoms with Crippen molar-refractivity contribution in [3.63, 3.8) is 0 Å². The Morgan fingerprint density at radius 2 is 1.13 bits per heavy atom. The van der Waals surface area contributed by atoms with E-state index in [1.807, 2.05) is 0 Å². The molecule has 0 bridgehead atoms. The van der Waals surface area contributed by atoms with E-state index >= 15 is 0 Å². The smallest absolute Gasteiger partial charge is 0.136 e. The molecule has 0 aliphatic carbocycles. The van der Waals surface area contributed by atoms with Crippen molar-refractivity contribution in [2.75, 3.05) is 0 Å². The molecule has 132 valence electrons. The van der Waals surface area contributed by atoms with Crippen LogP contribution in [0.3, 0.4) is 0 Å². The lowest BCUT2D eigenvalue weighted by Gasteiger charge is -1.96. The summed E-state index contributed by atoms with van der Waals surface area (Å²) < 4.78 is 3.32. The van der Waals surface area contributed by atoms with Crippen molar-refractivity contribution in [1.82, 2.24) is 30.0 Å². The molecule has 23 heavy (non-hydrogen) atoms. The van der Waals surface area contributed by atoms with E-state index in [4.69, 9.17) is 0 Å². The van der Waals surface area contributed by atoms with E-state index in [1.165, 1.54) is 25.7 Å². The van der Waals surface area contributed by atoms with Crippen LogP contribution in [-0.4, -0.2) is 30.0 Å². The largest absolute Gasteiger partial charge is 0.231 e. The molecule has 6 heteroatoms. The fraction of sp³-hybridized carbons (Fsp3) is 0.765. The number of nitrogens with zero attached hydrogens (tertiary/aromatic N) is 6. The van der Waals surface area contributed by atoms with Gasteiger partial charge in [-0.2, -0.15) is 0 Å². The Hall–Kier alpha value is -1.72. The van der Waals surface area contributed by atoms with Gasteiger partial charge >= 0.3 is 0 Å². The van der Waals surface area contributed by atoms with Crippen LogP contribution >= 0.6 is 0 Å². The van der Waals surface area contributed by atoms with Crippen molar-refractivity contribution in [2.24, 2.45) is 11.8 Å². The van der Waals surface area contributed by atoms with E-state index in [9.17, 15) is 0 Å². The Kier molecular flexibility index (Phi) is 12.9. The minimum atomic E-state index is 0.556. The van der Waals surface area contributed by atoms with Gasteiger partial charge in [-0.3, -0.25) is 0 Å². The molecule has 0 N–H and O–H groups in total. The number of hydrogen-bond donors (Lipinski definition) is 0. The van der Waals surface area contributed by atoms with Crippen molar-refractivity contribution in [3.05, 3.63) is 24.8 Å². The van der Waals surface area contributed by atoms with Crippen LogP contribution in [0.15, 0.2) is 24.8 Å². The van der Waals surface area contributed by atoms with Gasteiger partial charge < -0.3 is 0 Å². The SMILES string of the molecule is CCCC(C)C.CCCC(C)C.c1cn(Cn2ccnn2)nn1. The first-order valence-corrected chi connectivity index (χ1v) is 8.67. The van der Waals surface area contributed by atoms with Crippen molar-refractivity contribution in [1.29, 1.82) is 0 Å². The number of rotatable bonds is 6. The van der Waals surface area contributed by atoms with Gasteiger partial charge in [0.1, 0.15) is 6.67 Å². The van der Waals surface area contributed by atoms with E-state index in [0.717, 1.165) is 11.8 Å². The Balaban J connectivity index is 0.000000349. The summed E-state index contributed by atoms with van der Waals surface area (Å²) in [5, 5.41) is 14.8. The van der Waals surface area contributed by atoms with Gasteiger partial charge in [-0.25, -0.2) is 9.36 Å². The van der Waals surface area contributed by atoms with Crippen molar-refractivity contribution < 1.29 is 0 Å². The highest BCUT2D eigenvalue weighted by atomic mass is 15.5. The minimum absolute atomic E-state index is 0.556. The molecule has 0 fully saturated rings. The molecule has 6 nitrogen and oxygen atoms in total. The average molecular weight is 323 g/mol. The molecule has 0 spiro atoms. The molecule has 2 rings (SSSR count). The summed E-state index contributed by atoms with van der Waals surface area (Å²) in [4.78, 5) is 0. The zero-order chi connectivity index (χ0) is 17.5. The second-order valence-corrected chi connectivity index (χ2v) is 6.39. The van der Waals surface area contributed by atoms with Crippen molar-refractivity contribution in [3.8, 4) is 0 Å². The van der Waals surface area contributed by atoms with Crippen LogP contribution in [0.4, 0.5) is 0 Å². The van der Waals surface area contributed by atoms with Gasteiger partial charge in [0.25, 0.3) is 0 Å². The minimum Gasteiger partial charge on any atom is -0.231 e. The Morgan fingerprint density at radius 1 is 0.739 bits per heavy atom. The molecule has 0 aliphatic heterocycles. The summed E-state index contributed by atoms with van der Waals surface area (Å²) in [6.07, 6.45) is 12.2. The predicted molar refractivity (Wildman–Crippen MR) is 94.9 cm³/mol. The van der Waals surface area contributed by atoms with E-state index in [-0.39, 0.29) is 0 Å². The van der Waals surface area contributed by atoms with Gasteiger partial charge in [0, 0.05) is 12.4 Å². The highest BCUT2D eigenvalue weighted by molar-refractivity contribution is 4.67. The third-order valence-corrected chi connectivity index (χ3v) is 2.97. The standard InChI is InChI=1S/2C6H14.C5H6N6/c2*1-4-5-6(2)3;1-3-10(8-6-1)5-11-4-2-7-9-11/h2*6H,4-5H2,1-3H3;1-4H,5H2. The summed E-state index contributed by atoms with van der Waals surface area (Å²) in [5.41, 5.74) is 0. The molecular formula is C17H34N6. The van der Waals surface area contributed by atoms with Crippen LogP contribution < -0.4 is 0 Å². The lowest BCUT2D eigenvalue weighted by Crippen LogP contribution is -2.09. The third kappa shape index (κ3) is 13.7. The Morgan fingerprint density at radius 3 is 1.30 bits per heavy atom. The fourth-order valence-electron chi connectivity index (χ4n) is 1.92. The molecule has 0 aliphatic rings. The Labute approximate surface area is 141 Å². The molecule has 2 aromatic heterocycles. The maximum absolute atomic E-state index is 3.77.